The average molecular weight is 624 g/mol. The Bertz CT molecular complexity index is 1800. The normalized spacial score (nSPS) is 12.0. The lowest BCUT2D eigenvalue weighted by atomic mass is 10.1. The number of sulfonamides is 1. The smallest absolute Gasteiger partial charge is 0.339 e. The zero-order chi connectivity index (χ0) is 31.1. The first kappa shape index (κ1) is 31.2. The van der Waals surface area contributed by atoms with Crippen LogP contribution in [0.5, 0.6) is 5.75 Å². The Kier molecular flexibility index (Phi) is 9.75. The molecule has 4 aromatic rings. The number of para-hydroxylation sites is 1. The fourth-order valence-corrected chi connectivity index (χ4v) is 6.02. The van der Waals surface area contributed by atoms with Crippen molar-refractivity contribution in [2.75, 3.05) is 5.75 Å². The number of Topliss-reactive ketones (excluding diaryl/α,β-unsaturated/α-hetero) is 1. The van der Waals surface area contributed by atoms with Crippen LogP contribution in [0.2, 0.25) is 0 Å². The number of hydrogen-bond acceptors (Lipinski definition) is 9. The standard InChI is InChI=1S/C29H25N3O9S2/c33-23-11-10-20(13-21(23)29(38)39)43(40,41)31-15-17-6-8-19(9-7-17)28(37)32-22(14-26(35)36)24(34)16-42-25-5-1-3-18-4-2-12-30-27(18)25/h1-13,22,31,33H,14-16H2,(H,32,37)(H,35,36)(H,38,39). The molecule has 3 aromatic carbocycles. The van der Waals surface area contributed by atoms with Gasteiger partial charge in [0, 0.05) is 28.6 Å². The van der Waals surface area contributed by atoms with E-state index in [1.54, 1.807) is 18.3 Å². The molecule has 0 radical (unpaired) electrons. The first-order chi connectivity index (χ1) is 20.4. The summed E-state index contributed by atoms with van der Waals surface area (Å²) in [7, 11) is -4.14. The number of ketones is 1. The fraction of sp³-hybridized carbons (Fsp3) is 0.138. The molecule has 4 rings (SSSR count). The number of amides is 1. The van der Waals surface area contributed by atoms with Crippen LogP contribution in [0.4, 0.5) is 0 Å². The maximum Gasteiger partial charge on any atom is 0.339 e. The average Bonchev–Trinajstić information content (AvgIpc) is 2.98. The Labute approximate surface area is 249 Å². The van der Waals surface area contributed by atoms with Crippen molar-refractivity contribution in [1.82, 2.24) is 15.0 Å². The molecule has 0 bridgehead atoms. The number of aromatic nitrogens is 1. The van der Waals surface area contributed by atoms with Crippen LogP contribution in [0.15, 0.2) is 88.8 Å². The zero-order valence-electron chi connectivity index (χ0n) is 22.3. The third-order valence-electron chi connectivity index (χ3n) is 6.23. The lowest BCUT2D eigenvalue weighted by Gasteiger charge is -2.16. The second kappa shape index (κ2) is 13.5. The number of phenols is 1. The molecule has 0 aliphatic carbocycles. The predicted molar refractivity (Wildman–Crippen MR) is 157 cm³/mol. The van der Waals surface area contributed by atoms with Crippen LogP contribution in [-0.4, -0.2) is 64.1 Å². The molecule has 1 amide bonds. The van der Waals surface area contributed by atoms with Gasteiger partial charge in [-0.1, -0.05) is 30.3 Å². The minimum Gasteiger partial charge on any atom is -0.507 e. The van der Waals surface area contributed by atoms with Gasteiger partial charge in [0.15, 0.2) is 5.78 Å². The molecule has 0 spiro atoms. The SMILES string of the molecule is O=C(O)CC(NC(=O)c1ccc(CNS(=O)(=O)c2ccc(O)c(C(=O)O)c2)cc1)C(=O)CSc1cccc2cccnc12. The van der Waals surface area contributed by atoms with Crippen molar-refractivity contribution in [3.05, 3.63) is 95.7 Å². The number of thioether (sulfide) groups is 1. The summed E-state index contributed by atoms with van der Waals surface area (Å²) in [5.74, 6) is -4.59. The maximum atomic E-state index is 13.0. The van der Waals surface area contributed by atoms with Gasteiger partial charge < -0.3 is 20.6 Å². The summed E-state index contributed by atoms with van der Waals surface area (Å²) in [6, 6.07) is 16.5. The number of carbonyl (C=O) groups excluding carboxylic acids is 2. The zero-order valence-corrected chi connectivity index (χ0v) is 23.9. The van der Waals surface area contributed by atoms with Crippen LogP contribution in [0.1, 0.15) is 32.7 Å². The van der Waals surface area contributed by atoms with Crippen LogP contribution in [0.3, 0.4) is 0 Å². The van der Waals surface area contributed by atoms with Gasteiger partial charge in [0.05, 0.1) is 28.6 Å². The molecule has 222 valence electrons. The van der Waals surface area contributed by atoms with E-state index in [-0.39, 0.29) is 22.8 Å². The van der Waals surface area contributed by atoms with Crippen molar-refractivity contribution in [1.29, 1.82) is 0 Å². The van der Waals surface area contributed by atoms with Gasteiger partial charge >= 0.3 is 11.9 Å². The molecule has 1 heterocycles. The highest BCUT2D eigenvalue weighted by Gasteiger charge is 2.25. The van der Waals surface area contributed by atoms with E-state index >= 15 is 0 Å². The van der Waals surface area contributed by atoms with E-state index in [2.05, 4.69) is 15.0 Å². The van der Waals surface area contributed by atoms with E-state index in [1.165, 1.54) is 36.0 Å². The van der Waals surface area contributed by atoms with Crippen molar-refractivity contribution in [2.45, 2.75) is 28.8 Å². The highest BCUT2D eigenvalue weighted by atomic mass is 32.2. The van der Waals surface area contributed by atoms with Gasteiger partial charge in [-0.05, 0) is 48.0 Å². The van der Waals surface area contributed by atoms with Gasteiger partial charge in [-0.25, -0.2) is 17.9 Å². The summed E-state index contributed by atoms with van der Waals surface area (Å²) in [5, 5.41) is 31.4. The monoisotopic (exact) mass is 623 g/mol. The van der Waals surface area contributed by atoms with E-state index in [1.807, 2.05) is 18.2 Å². The van der Waals surface area contributed by atoms with Crippen LogP contribution in [-0.2, 0) is 26.2 Å². The maximum absolute atomic E-state index is 13.0. The van der Waals surface area contributed by atoms with E-state index in [9.17, 15) is 37.8 Å². The number of carboxylic acids is 2. The van der Waals surface area contributed by atoms with E-state index < -0.39 is 57.4 Å². The molecule has 0 saturated heterocycles. The molecule has 1 atom stereocenters. The summed E-state index contributed by atoms with van der Waals surface area (Å²) in [5.41, 5.74) is 0.708. The first-order valence-corrected chi connectivity index (χ1v) is 15.1. The third-order valence-corrected chi connectivity index (χ3v) is 8.70. The minimum atomic E-state index is -4.14. The number of aromatic hydroxyl groups is 1. The third kappa shape index (κ3) is 7.94. The Morgan fingerprint density at radius 3 is 2.35 bits per heavy atom. The predicted octanol–water partition coefficient (Wildman–Crippen LogP) is 3.05. The number of nitrogens with zero attached hydrogens (tertiary/aromatic N) is 1. The quantitative estimate of drug-likeness (QED) is 0.137. The summed E-state index contributed by atoms with van der Waals surface area (Å²) in [4.78, 5) is 53.2. The summed E-state index contributed by atoms with van der Waals surface area (Å²) in [6.45, 7) is -0.201. The molecule has 0 aliphatic heterocycles. The van der Waals surface area contributed by atoms with Gasteiger partial charge in [0.25, 0.3) is 5.91 Å². The molecule has 0 saturated carbocycles. The number of aromatic carboxylic acids is 1. The van der Waals surface area contributed by atoms with E-state index in [4.69, 9.17) is 5.11 Å². The van der Waals surface area contributed by atoms with Gasteiger partial charge in [-0.15, -0.1) is 11.8 Å². The Hall–Kier alpha value is -4.79. The number of benzene rings is 3. The van der Waals surface area contributed by atoms with E-state index in [0.717, 1.165) is 28.5 Å². The Morgan fingerprint density at radius 2 is 1.65 bits per heavy atom. The Balaban J connectivity index is 1.38. The van der Waals surface area contributed by atoms with Crippen LogP contribution >= 0.6 is 11.8 Å². The Morgan fingerprint density at radius 1 is 0.930 bits per heavy atom. The molecule has 1 aromatic heterocycles. The first-order valence-electron chi connectivity index (χ1n) is 12.6. The van der Waals surface area contributed by atoms with Crippen molar-refractivity contribution < 1.29 is 42.9 Å². The lowest BCUT2D eigenvalue weighted by molar-refractivity contribution is -0.139. The van der Waals surface area contributed by atoms with Gasteiger partial charge in [0.2, 0.25) is 10.0 Å². The summed E-state index contributed by atoms with van der Waals surface area (Å²) < 4.78 is 27.5. The van der Waals surface area contributed by atoms with Crippen LogP contribution in [0, 0.1) is 0 Å². The minimum absolute atomic E-state index is 0.0953. The molecule has 0 aliphatic rings. The molecular weight excluding hydrogens is 598 g/mol. The summed E-state index contributed by atoms with van der Waals surface area (Å²) >= 11 is 1.19. The summed E-state index contributed by atoms with van der Waals surface area (Å²) in [6.07, 6.45) is 1.02. The number of aliphatic carboxylic acids is 1. The van der Waals surface area contributed by atoms with Gasteiger partial charge in [-0.3, -0.25) is 19.4 Å². The number of pyridine rings is 1. The number of carboxylic acid groups (broad SMARTS) is 2. The molecule has 0 fully saturated rings. The highest BCUT2D eigenvalue weighted by Crippen LogP contribution is 2.26. The molecule has 12 nitrogen and oxygen atoms in total. The van der Waals surface area contributed by atoms with E-state index in [0.29, 0.717) is 11.1 Å². The topological polar surface area (TPSA) is 200 Å². The molecular formula is C29H25N3O9S2. The fourth-order valence-electron chi connectivity index (χ4n) is 3.99. The molecule has 1 unspecified atom stereocenters. The van der Waals surface area contributed by atoms with Crippen LogP contribution < -0.4 is 10.0 Å². The number of fused-ring (bicyclic) bond motifs is 1. The molecule has 5 N–H and O–H groups in total. The van der Waals surface area contributed by atoms with Crippen molar-refractivity contribution in [3.8, 4) is 5.75 Å². The number of rotatable bonds is 13. The largest absolute Gasteiger partial charge is 0.507 e. The van der Waals surface area contributed by atoms with Crippen molar-refractivity contribution in [2.24, 2.45) is 0 Å². The highest BCUT2D eigenvalue weighted by molar-refractivity contribution is 8.00. The lowest BCUT2D eigenvalue weighted by Crippen LogP contribution is -2.43. The van der Waals surface area contributed by atoms with Crippen molar-refractivity contribution in [3.63, 3.8) is 0 Å². The van der Waals surface area contributed by atoms with Crippen molar-refractivity contribution >= 4 is 56.3 Å². The number of nitrogens with one attached hydrogen (secondary N) is 2. The van der Waals surface area contributed by atoms with Gasteiger partial charge in [0.1, 0.15) is 11.3 Å². The second-order valence-electron chi connectivity index (χ2n) is 9.22. The molecule has 43 heavy (non-hydrogen) atoms. The second-order valence-corrected chi connectivity index (χ2v) is 12.0. The van der Waals surface area contributed by atoms with Crippen LogP contribution in [0.25, 0.3) is 10.9 Å². The van der Waals surface area contributed by atoms with Gasteiger partial charge in [-0.2, -0.15) is 0 Å². The number of carbonyl (C=O) groups is 4. The molecule has 14 heteroatoms. The number of hydrogen-bond donors (Lipinski definition) is 5.